The highest BCUT2D eigenvalue weighted by Gasteiger charge is 2.47. The number of rotatable bonds is 0. The van der Waals surface area contributed by atoms with Crippen molar-refractivity contribution in [2.24, 2.45) is 11.8 Å². The minimum atomic E-state index is 0.118. The van der Waals surface area contributed by atoms with E-state index in [0.717, 1.165) is 31.5 Å². The molecule has 3 rings (SSSR count). The van der Waals surface area contributed by atoms with Crippen LogP contribution in [-0.2, 0) is 9.47 Å². The Morgan fingerprint density at radius 2 is 2.23 bits per heavy atom. The van der Waals surface area contributed by atoms with Crippen LogP contribution in [0.3, 0.4) is 0 Å². The molecule has 0 aromatic carbocycles. The van der Waals surface area contributed by atoms with Gasteiger partial charge in [0, 0.05) is 6.42 Å². The minimum absolute atomic E-state index is 0.118. The van der Waals surface area contributed by atoms with E-state index < -0.39 is 0 Å². The zero-order valence-corrected chi connectivity index (χ0v) is 8.29. The lowest BCUT2D eigenvalue weighted by atomic mass is 9.93. The van der Waals surface area contributed by atoms with Crippen LogP contribution in [0.25, 0.3) is 0 Å². The van der Waals surface area contributed by atoms with Gasteiger partial charge in [0.1, 0.15) is 0 Å². The topological polar surface area (TPSA) is 18.5 Å². The van der Waals surface area contributed by atoms with Gasteiger partial charge in [0.25, 0.3) is 0 Å². The molecule has 3 aliphatic rings. The smallest absolute Gasteiger partial charge is 0.0939 e. The predicted molar refractivity (Wildman–Crippen MR) is 49.5 cm³/mol. The van der Waals surface area contributed by atoms with E-state index in [1.807, 2.05) is 0 Å². The summed E-state index contributed by atoms with van der Waals surface area (Å²) in [6.07, 6.45) is 5.56. The number of ether oxygens (including phenoxy) is 2. The molecule has 1 aliphatic carbocycles. The Morgan fingerprint density at radius 1 is 1.31 bits per heavy atom. The Morgan fingerprint density at radius 3 is 3.00 bits per heavy atom. The van der Waals surface area contributed by atoms with E-state index in [-0.39, 0.29) is 5.60 Å². The van der Waals surface area contributed by atoms with Gasteiger partial charge in [-0.05, 0) is 38.0 Å². The number of hydrogen-bond acceptors (Lipinski definition) is 2. The Labute approximate surface area is 79.6 Å². The summed E-state index contributed by atoms with van der Waals surface area (Å²) in [7, 11) is 0. The van der Waals surface area contributed by atoms with Crippen LogP contribution in [0.15, 0.2) is 0 Å². The second-order valence-electron chi connectivity index (χ2n) is 5.11. The fourth-order valence-electron chi connectivity index (χ4n) is 2.88. The standard InChI is InChI=1S/C11H18O2/c1-8-5-11(7-12-8)3-2-9-4-10(9)6-13-11/h8-10H,2-7H2,1H3/t8-,9-,10-,11-/m1/s1. The molecule has 0 N–H and O–H groups in total. The Kier molecular flexibility index (Phi) is 1.72. The molecule has 0 bridgehead atoms. The highest BCUT2D eigenvalue weighted by Crippen LogP contribution is 2.48. The van der Waals surface area contributed by atoms with Crippen LogP contribution < -0.4 is 0 Å². The Bertz CT molecular complexity index is 202. The van der Waals surface area contributed by atoms with Crippen molar-refractivity contribution in [3.63, 3.8) is 0 Å². The van der Waals surface area contributed by atoms with Crippen molar-refractivity contribution in [1.82, 2.24) is 0 Å². The summed E-state index contributed by atoms with van der Waals surface area (Å²) in [5, 5.41) is 0. The van der Waals surface area contributed by atoms with Crippen molar-refractivity contribution >= 4 is 0 Å². The van der Waals surface area contributed by atoms with Crippen LogP contribution in [0.1, 0.15) is 32.6 Å². The van der Waals surface area contributed by atoms with Crippen molar-refractivity contribution in [2.75, 3.05) is 13.2 Å². The first-order valence-electron chi connectivity index (χ1n) is 5.53. The van der Waals surface area contributed by atoms with Crippen LogP contribution in [-0.4, -0.2) is 24.9 Å². The molecule has 1 spiro atoms. The molecule has 0 aromatic heterocycles. The zero-order chi connectivity index (χ0) is 8.89. The average Bonchev–Trinajstić information content (AvgIpc) is 2.78. The molecule has 0 amide bonds. The molecule has 2 saturated heterocycles. The van der Waals surface area contributed by atoms with Crippen LogP contribution in [0.2, 0.25) is 0 Å². The van der Waals surface area contributed by atoms with Gasteiger partial charge in [-0.2, -0.15) is 0 Å². The average molecular weight is 182 g/mol. The van der Waals surface area contributed by atoms with Gasteiger partial charge in [-0.15, -0.1) is 0 Å². The van der Waals surface area contributed by atoms with E-state index >= 15 is 0 Å². The SMILES string of the molecule is C[C@@H]1C[C@]2(CC[C@@H]3C[C@@H]3CO2)CO1. The van der Waals surface area contributed by atoms with Gasteiger partial charge in [0.2, 0.25) is 0 Å². The van der Waals surface area contributed by atoms with Gasteiger partial charge in [-0.3, -0.25) is 0 Å². The van der Waals surface area contributed by atoms with Gasteiger partial charge in [-0.25, -0.2) is 0 Å². The highest BCUT2D eigenvalue weighted by molar-refractivity contribution is 4.97. The summed E-state index contributed by atoms with van der Waals surface area (Å²) < 4.78 is 11.7. The van der Waals surface area contributed by atoms with Crippen molar-refractivity contribution in [2.45, 2.75) is 44.3 Å². The van der Waals surface area contributed by atoms with Crippen LogP contribution in [0, 0.1) is 11.8 Å². The molecule has 0 unspecified atom stereocenters. The molecular weight excluding hydrogens is 164 g/mol. The Balaban J connectivity index is 1.70. The molecule has 13 heavy (non-hydrogen) atoms. The number of hydrogen-bond donors (Lipinski definition) is 0. The van der Waals surface area contributed by atoms with E-state index in [2.05, 4.69) is 6.92 Å². The predicted octanol–water partition coefficient (Wildman–Crippen LogP) is 1.98. The Hall–Kier alpha value is -0.0800. The van der Waals surface area contributed by atoms with Gasteiger partial charge < -0.3 is 9.47 Å². The molecule has 0 aromatic rings. The van der Waals surface area contributed by atoms with Crippen molar-refractivity contribution in [3.8, 4) is 0 Å². The molecule has 74 valence electrons. The molecule has 0 radical (unpaired) electrons. The molecule has 2 aliphatic heterocycles. The minimum Gasteiger partial charge on any atom is -0.375 e. The summed E-state index contributed by atoms with van der Waals surface area (Å²) in [5.41, 5.74) is 0.118. The first kappa shape index (κ1) is 8.25. The highest BCUT2D eigenvalue weighted by atomic mass is 16.6. The van der Waals surface area contributed by atoms with E-state index in [4.69, 9.17) is 9.47 Å². The summed E-state index contributed by atoms with van der Waals surface area (Å²) in [4.78, 5) is 0. The molecule has 4 atom stereocenters. The van der Waals surface area contributed by atoms with Crippen LogP contribution in [0.5, 0.6) is 0 Å². The zero-order valence-electron chi connectivity index (χ0n) is 8.29. The largest absolute Gasteiger partial charge is 0.375 e. The third-order valence-corrected chi connectivity index (χ3v) is 3.93. The third-order valence-electron chi connectivity index (χ3n) is 3.93. The third kappa shape index (κ3) is 1.40. The van der Waals surface area contributed by atoms with E-state index in [1.54, 1.807) is 0 Å². The maximum absolute atomic E-state index is 6.05. The van der Waals surface area contributed by atoms with Crippen LogP contribution >= 0.6 is 0 Å². The van der Waals surface area contributed by atoms with Gasteiger partial charge in [0.05, 0.1) is 24.9 Å². The van der Waals surface area contributed by atoms with Crippen molar-refractivity contribution in [3.05, 3.63) is 0 Å². The number of fused-ring (bicyclic) bond motifs is 1. The van der Waals surface area contributed by atoms with Gasteiger partial charge in [0.15, 0.2) is 0 Å². The normalized spacial score (nSPS) is 54.7. The maximum atomic E-state index is 6.05. The lowest BCUT2D eigenvalue weighted by molar-refractivity contribution is -0.0531. The second-order valence-corrected chi connectivity index (χ2v) is 5.11. The molecule has 2 heterocycles. The summed E-state index contributed by atoms with van der Waals surface area (Å²) in [5.74, 6) is 1.89. The fourth-order valence-corrected chi connectivity index (χ4v) is 2.88. The maximum Gasteiger partial charge on any atom is 0.0939 e. The van der Waals surface area contributed by atoms with Gasteiger partial charge in [-0.1, -0.05) is 0 Å². The molecule has 2 nitrogen and oxygen atoms in total. The fraction of sp³-hybridized carbons (Fsp3) is 1.00. The summed E-state index contributed by atoms with van der Waals surface area (Å²) >= 11 is 0. The first-order valence-corrected chi connectivity index (χ1v) is 5.53. The lowest BCUT2D eigenvalue weighted by Crippen LogP contribution is -2.33. The van der Waals surface area contributed by atoms with Crippen LogP contribution in [0.4, 0.5) is 0 Å². The van der Waals surface area contributed by atoms with E-state index in [9.17, 15) is 0 Å². The van der Waals surface area contributed by atoms with E-state index in [0.29, 0.717) is 6.10 Å². The monoisotopic (exact) mass is 182 g/mol. The van der Waals surface area contributed by atoms with Crippen molar-refractivity contribution < 1.29 is 9.47 Å². The van der Waals surface area contributed by atoms with Crippen molar-refractivity contribution in [1.29, 1.82) is 0 Å². The second kappa shape index (κ2) is 2.71. The molecule has 2 heteroatoms. The van der Waals surface area contributed by atoms with E-state index in [1.165, 1.54) is 19.3 Å². The van der Waals surface area contributed by atoms with Gasteiger partial charge >= 0.3 is 0 Å². The summed E-state index contributed by atoms with van der Waals surface area (Å²) in [6, 6.07) is 0. The molecule has 3 fully saturated rings. The lowest BCUT2D eigenvalue weighted by Gasteiger charge is -2.26. The molecule has 1 saturated carbocycles. The summed E-state index contributed by atoms with van der Waals surface area (Å²) in [6.45, 7) is 4.00. The quantitative estimate of drug-likeness (QED) is 0.570. The first-order chi connectivity index (χ1) is 6.27. The molecular formula is C11H18O2.